The molecular formula is C10H14F3N5O. The van der Waals surface area contributed by atoms with Crippen LogP contribution in [0.25, 0.3) is 0 Å². The number of anilines is 2. The van der Waals surface area contributed by atoms with E-state index in [1.807, 2.05) is 0 Å². The molecule has 2 rings (SSSR count). The zero-order valence-corrected chi connectivity index (χ0v) is 9.91. The molecule has 1 unspecified atom stereocenters. The lowest BCUT2D eigenvalue weighted by molar-refractivity contribution is -0.198. The number of halogens is 3. The predicted molar refractivity (Wildman–Crippen MR) is 62.4 cm³/mol. The number of hydrogen-bond acceptors (Lipinski definition) is 6. The first-order valence-electron chi connectivity index (χ1n) is 5.74. The number of nitrogens with one attached hydrogen (secondary N) is 2. The van der Waals surface area contributed by atoms with Crippen molar-refractivity contribution in [3.63, 3.8) is 0 Å². The molecule has 1 atom stereocenters. The lowest BCUT2D eigenvalue weighted by Crippen LogP contribution is -2.35. The van der Waals surface area contributed by atoms with Gasteiger partial charge in [0.1, 0.15) is 17.5 Å². The van der Waals surface area contributed by atoms with Gasteiger partial charge in [0.2, 0.25) is 0 Å². The Morgan fingerprint density at radius 3 is 2.53 bits per heavy atom. The van der Waals surface area contributed by atoms with E-state index in [1.165, 1.54) is 6.07 Å². The molecule has 0 spiro atoms. The van der Waals surface area contributed by atoms with E-state index in [-0.39, 0.29) is 11.7 Å². The molecule has 0 radical (unpaired) electrons. The maximum Gasteiger partial charge on any atom is 0.416 e. The number of hydrogen-bond donors (Lipinski definition) is 4. The van der Waals surface area contributed by atoms with Crippen LogP contribution in [0.3, 0.4) is 0 Å². The third-order valence-corrected chi connectivity index (χ3v) is 2.69. The molecule has 1 heterocycles. The first-order valence-corrected chi connectivity index (χ1v) is 5.74. The molecule has 0 aliphatic heterocycles. The van der Waals surface area contributed by atoms with Crippen molar-refractivity contribution in [3.8, 4) is 0 Å². The average molecular weight is 277 g/mol. The van der Waals surface area contributed by atoms with Crippen LogP contribution in [0.4, 0.5) is 24.8 Å². The van der Waals surface area contributed by atoms with Crippen molar-refractivity contribution in [2.75, 3.05) is 17.3 Å². The van der Waals surface area contributed by atoms with Gasteiger partial charge in [-0.05, 0) is 12.8 Å². The van der Waals surface area contributed by atoms with E-state index in [1.54, 1.807) is 0 Å². The summed E-state index contributed by atoms with van der Waals surface area (Å²) in [5.74, 6) is 6.54. The topological polar surface area (TPSA) is 96.1 Å². The highest BCUT2D eigenvalue weighted by molar-refractivity contribution is 5.47. The van der Waals surface area contributed by atoms with Crippen molar-refractivity contribution >= 4 is 11.6 Å². The maximum atomic E-state index is 12.2. The standard InChI is InChI=1S/C10H14F3N5O/c11-10(12,13)6(19)4-15-7-3-8(18-14)17-9(16-7)5-1-2-5/h3,5-6,19H,1-2,4,14H2,(H2,15,16,17,18). The highest BCUT2D eigenvalue weighted by atomic mass is 19.4. The van der Waals surface area contributed by atoms with E-state index in [9.17, 15) is 13.2 Å². The second kappa shape index (κ2) is 5.17. The third kappa shape index (κ3) is 3.67. The maximum absolute atomic E-state index is 12.2. The molecular weight excluding hydrogens is 263 g/mol. The summed E-state index contributed by atoms with van der Waals surface area (Å²) in [6, 6.07) is 1.38. The first-order chi connectivity index (χ1) is 8.90. The van der Waals surface area contributed by atoms with Crippen LogP contribution in [0.2, 0.25) is 0 Å². The number of aliphatic hydroxyl groups is 1. The second-order valence-electron chi connectivity index (χ2n) is 4.35. The Bertz CT molecular complexity index is 449. The molecule has 1 aromatic heterocycles. The Labute approximate surface area is 107 Å². The fourth-order valence-corrected chi connectivity index (χ4v) is 1.47. The first kappa shape index (κ1) is 13.8. The van der Waals surface area contributed by atoms with E-state index >= 15 is 0 Å². The molecule has 106 valence electrons. The summed E-state index contributed by atoms with van der Waals surface area (Å²) in [6.45, 7) is -0.672. The van der Waals surface area contributed by atoms with Gasteiger partial charge in [0.05, 0.1) is 6.54 Å². The van der Waals surface area contributed by atoms with Crippen molar-refractivity contribution in [1.82, 2.24) is 9.97 Å². The minimum absolute atomic E-state index is 0.202. The minimum Gasteiger partial charge on any atom is -0.382 e. The number of nitrogens with two attached hydrogens (primary N) is 1. The number of aliphatic hydroxyl groups excluding tert-OH is 1. The highest BCUT2D eigenvalue weighted by Gasteiger charge is 2.38. The van der Waals surface area contributed by atoms with Crippen molar-refractivity contribution in [2.24, 2.45) is 5.84 Å². The van der Waals surface area contributed by atoms with E-state index in [0.717, 1.165) is 12.8 Å². The highest BCUT2D eigenvalue weighted by Crippen LogP contribution is 2.38. The molecule has 0 amide bonds. The number of hydrazine groups is 1. The van der Waals surface area contributed by atoms with Crippen LogP contribution < -0.4 is 16.6 Å². The van der Waals surface area contributed by atoms with Crippen LogP contribution in [0.1, 0.15) is 24.6 Å². The van der Waals surface area contributed by atoms with Crippen LogP contribution in [-0.2, 0) is 0 Å². The van der Waals surface area contributed by atoms with Gasteiger partial charge in [0.15, 0.2) is 6.10 Å². The summed E-state index contributed by atoms with van der Waals surface area (Å²) in [6.07, 6.45) is -5.19. The van der Waals surface area contributed by atoms with Gasteiger partial charge < -0.3 is 15.8 Å². The van der Waals surface area contributed by atoms with Crippen molar-refractivity contribution < 1.29 is 18.3 Å². The summed E-state index contributed by atoms with van der Waals surface area (Å²) in [7, 11) is 0. The lowest BCUT2D eigenvalue weighted by atomic mass is 10.3. The Morgan fingerprint density at radius 1 is 1.37 bits per heavy atom. The molecule has 0 bridgehead atoms. The third-order valence-electron chi connectivity index (χ3n) is 2.69. The fourth-order valence-electron chi connectivity index (χ4n) is 1.47. The van der Waals surface area contributed by atoms with Gasteiger partial charge in [-0.3, -0.25) is 0 Å². The van der Waals surface area contributed by atoms with Gasteiger partial charge in [-0.15, -0.1) is 0 Å². The van der Waals surface area contributed by atoms with E-state index in [0.29, 0.717) is 11.6 Å². The fraction of sp³-hybridized carbons (Fsp3) is 0.600. The van der Waals surface area contributed by atoms with Gasteiger partial charge in [0.25, 0.3) is 0 Å². The summed E-state index contributed by atoms with van der Waals surface area (Å²) in [4.78, 5) is 8.22. The van der Waals surface area contributed by atoms with Crippen molar-refractivity contribution in [1.29, 1.82) is 0 Å². The Balaban J connectivity index is 2.05. The van der Waals surface area contributed by atoms with Crippen LogP contribution in [0.5, 0.6) is 0 Å². The minimum atomic E-state index is -4.66. The second-order valence-corrected chi connectivity index (χ2v) is 4.35. The molecule has 5 N–H and O–H groups in total. The molecule has 1 saturated carbocycles. The van der Waals surface area contributed by atoms with Gasteiger partial charge in [-0.25, -0.2) is 15.8 Å². The van der Waals surface area contributed by atoms with Crippen LogP contribution in [0, 0.1) is 0 Å². The van der Waals surface area contributed by atoms with Crippen molar-refractivity contribution in [2.45, 2.75) is 31.0 Å². The smallest absolute Gasteiger partial charge is 0.382 e. The van der Waals surface area contributed by atoms with E-state index in [4.69, 9.17) is 10.9 Å². The molecule has 1 aliphatic rings. The van der Waals surface area contributed by atoms with Gasteiger partial charge in [0, 0.05) is 12.0 Å². The molecule has 0 saturated heterocycles. The number of rotatable bonds is 5. The molecule has 9 heteroatoms. The van der Waals surface area contributed by atoms with Crippen LogP contribution >= 0.6 is 0 Å². The van der Waals surface area contributed by atoms with Crippen molar-refractivity contribution in [3.05, 3.63) is 11.9 Å². The zero-order chi connectivity index (χ0) is 14.0. The van der Waals surface area contributed by atoms with Gasteiger partial charge in [-0.1, -0.05) is 0 Å². The van der Waals surface area contributed by atoms with Crippen LogP contribution in [0.15, 0.2) is 6.07 Å². The lowest BCUT2D eigenvalue weighted by Gasteiger charge is -2.16. The Hall–Kier alpha value is -1.61. The quantitative estimate of drug-likeness (QED) is 0.473. The average Bonchev–Trinajstić information content (AvgIpc) is 3.18. The summed E-state index contributed by atoms with van der Waals surface area (Å²) in [5.41, 5.74) is 2.33. The van der Waals surface area contributed by atoms with E-state index < -0.39 is 18.8 Å². The molecule has 1 fully saturated rings. The molecule has 6 nitrogen and oxygen atoms in total. The van der Waals surface area contributed by atoms with E-state index in [2.05, 4.69) is 20.7 Å². The predicted octanol–water partition coefficient (Wildman–Crippen LogP) is 0.975. The summed E-state index contributed by atoms with van der Waals surface area (Å²) < 4.78 is 36.5. The van der Waals surface area contributed by atoms with Gasteiger partial charge >= 0.3 is 6.18 Å². The number of aromatic nitrogens is 2. The molecule has 1 aliphatic carbocycles. The Morgan fingerprint density at radius 2 is 2.00 bits per heavy atom. The Kier molecular flexibility index (Phi) is 3.76. The molecule has 1 aromatic rings. The zero-order valence-electron chi connectivity index (χ0n) is 9.91. The largest absolute Gasteiger partial charge is 0.416 e. The summed E-state index contributed by atoms with van der Waals surface area (Å²) >= 11 is 0. The van der Waals surface area contributed by atoms with Gasteiger partial charge in [-0.2, -0.15) is 13.2 Å². The number of nitrogen functional groups attached to an aromatic ring is 1. The van der Waals surface area contributed by atoms with Crippen LogP contribution in [-0.4, -0.2) is 33.9 Å². The number of nitrogens with zero attached hydrogens (tertiary/aromatic N) is 2. The SMILES string of the molecule is NNc1cc(NCC(O)C(F)(F)F)nc(C2CC2)n1. The number of alkyl halides is 3. The summed E-state index contributed by atoms with van der Waals surface area (Å²) in [5, 5.41) is 11.3. The molecule has 19 heavy (non-hydrogen) atoms. The molecule has 0 aromatic carbocycles. The monoisotopic (exact) mass is 277 g/mol. The normalized spacial score (nSPS) is 17.1.